The molecule has 1 nitrogen and oxygen atoms in total. The molecule has 0 aliphatic carbocycles. The largest absolute Gasteiger partial charge is 0.262 e. The summed E-state index contributed by atoms with van der Waals surface area (Å²) in [4.78, 5) is 4.47. The number of benzene rings is 1. The van der Waals surface area contributed by atoms with Gasteiger partial charge in [0.05, 0.1) is 0 Å². The number of hydrogen-bond acceptors (Lipinski definition) is 1. The minimum atomic E-state index is -1.53. The van der Waals surface area contributed by atoms with Crippen molar-refractivity contribution in [3.8, 4) is 11.1 Å². The maximum atomic E-state index is 4.47. The highest BCUT2D eigenvalue weighted by Gasteiger charge is 2.38. The first kappa shape index (κ1) is 11.2. The van der Waals surface area contributed by atoms with Crippen LogP contribution in [0.2, 0.25) is 13.1 Å². The molecule has 3 heteroatoms. The summed E-state index contributed by atoms with van der Waals surface area (Å²) < 4.78 is 1.16. The minimum absolute atomic E-state index is 1.16. The van der Waals surface area contributed by atoms with E-state index in [1.165, 1.54) is 27.2 Å². The molecule has 0 N–H and O–H groups in total. The summed E-state index contributed by atoms with van der Waals surface area (Å²) in [6.07, 6.45) is 1.93. The molecule has 0 saturated carbocycles. The lowest BCUT2D eigenvalue weighted by molar-refractivity contribution is 1.22. The van der Waals surface area contributed by atoms with E-state index in [0.29, 0.717) is 0 Å². The van der Waals surface area contributed by atoms with E-state index < -0.39 is 8.07 Å². The number of nitrogens with zero attached hydrogens (tertiary/aromatic N) is 1. The quantitative estimate of drug-likeness (QED) is 0.682. The monoisotopic (exact) mass is 303 g/mol. The Morgan fingerprint density at radius 1 is 1.12 bits per heavy atom. The van der Waals surface area contributed by atoms with Gasteiger partial charge in [-0.3, -0.25) is 4.98 Å². The third kappa shape index (κ3) is 1.45. The molecular weight excluding hydrogens is 290 g/mol. The van der Waals surface area contributed by atoms with Crippen LogP contribution in [0.1, 0.15) is 5.69 Å². The summed E-state index contributed by atoms with van der Waals surface area (Å²) in [5, 5.41) is 3.04. The van der Waals surface area contributed by atoms with Crippen molar-refractivity contribution in [2.45, 2.75) is 20.0 Å². The second kappa shape index (κ2) is 3.53. The molecule has 0 spiro atoms. The van der Waals surface area contributed by atoms with E-state index >= 15 is 0 Å². The molecule has 0 radical (unpaired) electrons. The predicted octanol–water partition coefficient (Wildman–Crippen LogP) is 2.96. The summed E-state index contributed by atoms with van der Waals surface area (Å²) in [5.74, 6) is 0. The molecule has 2 aromatic rings. The summed E-state index contributed by atoms with van der Waals surface area (Å²) in [6, 6.07) is 8.85. The molecule has 0 amide bonds. The minimum Gasteiger partial charge on any atom is -0.262 e. The molecule has 17 heavy (non-hydrogen) atoms. The van der Waals surface area contributed by atoms with Gasteiger partial charge in [-0.15, -0.1) is 0 Å². The molecule has 86 valence electrons. The number of fused-ring (bicyclic) bond motifs is 3. The standard InChI is InChI=1S/C14H14BrNSi/c1-9-14-11(6-7-16-9)12-8-10(15)4-5-13(12)17(14,2)3/h4-8H,1-3H3. The highest BCUT2D eigenvalue weighted by Crippen LogP contribution is 2.30. The molecule has 1 aromatic carbocycles. The number of halogens is 1. The van der Waals surface area contributed by atoms with Gasteiger partial charge in [0.25, 0.3) is 0 Å². The maximum Gasteiger partial charge on any atom is 0.116 e. The average molecular weight is 304 g/mol. The van der Waals surface area contributed by atoms with E-state index in [1.807, 2.05) is 6.20 Å². The van der Waals surface area contributed by atoms with Gasteiger partial charge in [-0.25, -0.2) is 0 Å². The van der Waals surface area contributed by atoms with Gasteiger partial charge in [0, 0.05) is 16.4 Å². The van der Waals surface area contributed by atoms with Crippen LogP contribution >= 0.6 is 15.9 Å². The fraction of sp³-hybridized carbons (Fsp3) is 0.214. The molecule has 2 heterocycles. The van der Waals surface area contributed by atoms with Crippen LogP contribution in [0, 0.1) is 6.92 Å². The van der Waals surface area contributed by atoms with Crippen LogP contribution in [-0.2, 0) is 0 Å². The lowest BCUT2D eigenvalue weighted by Crippen LogP contribution is -2.50. The van der Waals surface area contributed by atoms with Crippen LogP contribution in [0.15, 0.2) is 34.9 Å². The summed E-state index contributed by atoms with van der Waals surface area (Å²) in [5.41, 5.74) is 3.99. The predicted molar refractivity (Wildman–Crippen MR) is 78.9 cm³/mol. The number of aryl methyl sites for hydroxylation is 1. The Labute approximate surface area is 111 Å². The van der Waals surface area contributed by atoms with Crippen molar-refractivity contribution in [1.29, 1.82) is 0 Å². The third-order valence-corrected chi connectivity index (χ3v) is 7.87. The number of pyridine rings is 1. The zero-order valence-corrected chi connectivity index (χ0v) is 12.8. The highest BCUT2D eigenvalue weighted by molar-refractivity contribution is 9.10. The molecule has 0 saturated heterocycles. The third-order valence-electron chi connectivity index (χ3n) is 3.71. The van der Waals surface area contributed by atoms with Crippen molar-refractivity contribution in [2.24, 2.45) is 0 Å². The van der Waals surface area contributed by atoms with Crippen LogP contribution in [-0.4, -0.2) is 13.1 Å². The van der Waals surface area contributed by atoms with E-state index in [2.05, 4.69) is 65.2 Å². The topological polar surface area (TPSA) is 12.9 Å². The van der Waals surface area contributed by atoms with Gasteiger partial charge in [-0.1, -0.05) is 35.1 Å². The molecule has 0 fully saturated rings. The first-order valence-electron chi connectivity index (χ1n) is 5.78. The second-order valence-corrected chi connectivity index (χ2v) is 10.3. The molecule has 1 aliphatic heterocycles. The SMILES string of the molecule is Cc1nccc2c1[Si](C)(C)c1ccc(Br)cc1-2. The fourth-order valence-corrected chi connectivity index (χ4v) is 6.87. The van der Waals surface area contributed by atoms with Crippen molar-refractivity contribution >= 4 is 34.4 Å². The van der Waals surface area contributed by atoms with E-state index in [1.54, 1.807) is 0 Å². The lowest BCUT2D eigenvalue weighted by Gasteiger charge is -2.19. The molecule has 3 rings (SSSR count). The van der Waals surface area contributed by atoms with Crippen LogP contribution < -0.4 is 10.4 Å². The van der Waals surface area contributed by atoms with Crippen LogP contribution in [0.3, 0.4) is 0 Å². The number of aromatic nitrogens is 1. The highest BCUT2D eigenvalue weighted by atomic mass is 79.9. The molecule has 1 aliphatic rings. The van der Waals surface area contributed by atoms with Crippen LogP contribution in [0.25, 0.3) is 11.1 Å². The molecule has 0 unspecified atom stereocenters. The first-order chi connectivity index (χ1) is 8.01. The van der Waals surface area contributed by atoms with Gasteiger partial charge in [-0.05, 0) is 46.6 Å². The Hall–Kier alpha value is -0.933. The molecule has 0 bridgehead atoms. The van der Waals surface area contributed by atoms with Gasteiger partial charge in [0.1, 0.15) is 8.07 Å². The van der Waals surface area contributed by atoms with Crippen molar-refractivity contribution in [1.82, 2.24) is 4.98 Å². The normalized spacial score (nSPS) is 15.5. The van der Waals surface area contributed by atoms with Crippen LogP contribution in [0.5, 0.6) is 0 Å². The van der Waals surface area contributed by atoms with Crippen molar-refractivity contribution < 1.29 is 0 Å². The van der Waals surface area contributed by atoms with E-state index in [9.17, 15) is 0 Å². The molecule has 0 atom stereocenters. The van der Waals surface area contributed by atoms with Gasteiger partial charge in [-0.2, -0.15) is 0 Å². The first-order valence-corrected chi connectivity index (χ1v) is 9.57. The smallest absolute Gasteiger partial charge is 0.116 e. The molecule has 1 aromatic heterocycles. The zero-order chi connectivity index (χ0) is 12.2. The molecular formula is C14H14BrNSi. The second-order valence-electron chi connectivity index (χ2n) is 5.13. The van der Waals surface area contributed by atoms with E-state index in [0.717, 1.165) is 4.47 Å². The summed E-state index contributed by atoms with van der Waals surface area (Å²) in [6.45, 7) is 6.97. The Bertz CT molecular complexity index is 620. The van der Waals surface area contributed by atoms with Gasteiger partial charge < -0.3 is 0 Å². The van der Waals surface area contributed by atoms with Crippen molar-refractivity contribution in [3.05, 3.63) is 40.6 Å². The van der Waals surface area contributed by atoms with Gasteiger partial charge in [0.15, 0.2) is 0 Å². The Morgan fingerprint density at radius 2 is 1.88 bits per heavy atom. The summed E-state index contributed by atoms with van der Waals surface area (Å²) >= 11 is 3.57. The Balaban J connectivity index is 2.43. The van der Waals surface area contributed by atoms with Crippen LogP contribution in [0.4, 0.5) is 0 Å². The average Bonchev–Trinajstić information content (AvgIpc) is 2.49. The van der Waals surface area contributed by atoms with Crippen molar-refractivity contribution in [2.75, 3.05) is 0 Å². The summed E-state index contributed by atoms with van der Waals surface area (Å²) in [7, 11) is -1.53. The number of rotatable bonds is 0. The Morgan fingerprint density at radius 3 is 2.65 bits per heavy atom. The van der Waals surface area contributed by atoms with E-state index in [4.69, 9.17) is 0 Å². The number of hydrogen-bond donors (Lipinski definition) is 0. The van der Waals surface area contributed by atoms with Gasteiger partial charge >= 0.3 is 0 Å². The van der Waals surface area contributed by atoms with E-state index in [-0.39, 0.29) is 0 Å². The fourth-order valence-electron chi connectivity index (χ4n) is 3.00. The maximum absolute atomic E-state index is 4.47. The van der Waals surface area contributed by atoms with Gasteiger partial charge in [0.2, 0.25) is 0 Å². The van der Waals surface area contributed by atoms with Crippen molar-refractivity contribution in [3.63, 3.8) is 0 Å². The zero-order valence-electron chi connectivity index (χ0n) is 10.2. The lowest BCUT2D eigenvalue weighted by atomic mass is 10.1. The Kier molecular flexibility index (Phi) is 2.32.